The summed E-state index contributed by atoms with van der Waals surface area (Å²) < 4.78 is 64.1. The van der Waals surface area contributed by atoms with E-state index >= 15 is 0 Å². The first kappa shape index (κ1) is 30.3. The van der Waals surface area contributed by atoms with Gasteiger partial charge in [0.1, 0.15) is 23.0 Å². The summed E-state index contributed by atoms with van der Waals surface area (Å²) in [5.41, 5.74) is 4.09. The molecule has 0 aliphatic carbocycles. The van der Waals surface area contributed by atoms with Crippen LogP contribution in [0.2, 0.25) is 0 Å². The number of hydrogen-bond donors (Lipinski definition) is 1. The molecule has 0 amide bonds. The molecule has 2 N–H and O–H groups in total. The average Bonchev–Trinajstić information content (AvgIpc) is 3.39. The van der Waals surface area contributed by atoms with E-state index in [4.69, 9.17) is 10.2 Å². The van der Waals surface area contributed by atoms with Crippen LogP contribution in [0, 0.1) is 19.7 Å². The van der Waals surface area contributed by atoms with Crippen LogP contribution in [0.4, 0.5) is 23.2 Å². The van der Waals surface area contributed by atoms with Crippen molar-refractivity contribution >= 4 is 5.69 Å². The Morgan fingerprint density at radius 2 is 1.58 bits per heavy atom. The molecular formula is C31H33F4N5O3. The lowest BCUT2D eigenvalue weighted by Gasteiger charge is -2.36. The van der Waals surface area contributed by atoms with Gasteiger partial charge in [-0.25, -0.2) is 9.18 Å². The number of halogens is 4. The molecule has 1 aliphatic rings. The van der Waals surface area contributed by atoms with E-state index in [1.54, 1.807) is 30.3 Å². The molecule has 0 unspecified atom stereocenters. The van der Waals surface area contributed by atoms with Gasteiger partial charge in [-0.15, -0.1) is 0 Å². The molecule has 228 valence electrons. The predicted octanol–water partition coefficient (Wildman–Crippen LogP) is 4.45. The zero-order chi connectivity index (χ0) is 30.9. The van der Waals surface area contributed by atoms with E-state index < -0.39 is 47.0 Å². The third kappa shape index (κ3) is 6.45. The smallest absolute Gasteiger partial charge is 0.416 e. The van der Waals surface area contributed by atoms with Crippen molar-refractivity contribution in [1.29, 1.82) is 0 Å². The number of hydrogen-bond acceptors (Lipinski definition) is 6. The number of anilines is 1. The zero-order valence-electron chi connectivity index (χ0n) is 23.9. The van der Waals surface area contributed by atoms with E-state index in [2.05, 4.69) is 4.90 Å². The predicted molar refractivity (Wildman–Crippen MR) is 155 cm³/mol. The van der Waals surface area contributed by atoms with Crippen LogP contribution in [0.15, 0.2) is 74.7 Å². The van der Waals surface area contributed by atoms with Gasteiger partial charge in [0.2, 0.25) is 0 Å². The molecule has 0 radical (unpaired) electrons. The first-order valence-electron chi connectivity index (χ1n) is 14.0. The Balaban J connectivity index is 1.55. The SMILES string of the molecule is Cc1ccc(CN2CCN(c3c(C)n(Cc4c(F)cccc4C(F)(F)F)c(=O)n(C[C@@H](N)c4ccccc4)c3=O)CC2)o1. The highest BCUT2D eigenvalue weighted by Gasteiger charge is 2.35. The maximum Gasteiger partial charge on any atom is 0.416 e. The van der Waals surface area contributed by atoms with Gasteiger partial charge in [0.25, 0.3) is 5.56 Å². The number of aromatic nitrogens is 2. The normalized spacial score (nSPS) is 15.2. The standard InChI is InChI=1S/C31H33F4N5O3/c1-20-11-12-23(43-20)17-37-13-15-38(16-14-37)28-21(2)39(18-24-25(31(33,34)35)9-6-10-26(24)32)30(42)40(29(28)41)19-27(36)22-7-4-3-5-8-22/h3-12,27H,13-19,36H2,1-2H3/t27-/m1/s1. The Morgan fingerprint density at radius 3 is 2.21 bits per heavy atom. The number of piperazine rings is 1. The third-order valence-electron chi connectivity index (χ3n) is 7.87. The zero-order valence-corrected chi connectivity index (χ0v) is 23.9. The van der Waals surface area contributed by atoms with Crippen molar-refractivity contribution in [3.63, 3.8) is 0 Å². The highest BCUT2D eigenvalue weighted by atomic mass is 19.4. The van der Waals surface area contributed by atoms with Crippen LogP contribution >= 0.6 is 0 Å². The van der Waals surface area contributed by atoms with Gasteiger partial charge in [-0.05, 0) is 43.7 Å². The summed E-state index contributed by atoms with van der Waals surface area (Å²) in [6, 6.07) is 14.6. The van der Waals surface area contributed by atoms with E-state index in [9.17, 15) is 27.2 Å². The summed E-state index contributed by atoms with van der Waals surface area (Å²) in [5, 5.41) is 0. The number of alkyl halides is 3. The number of furan rings is 1. The maximum atomic E-state index is 14.9. The van der Waals surface area contributed by atoms with Gasteiger partial charge in [-0.2, -0.15) is 13.2 Å². The Labute approximate surface area is 245 Å². The quantitative estimate of drug-likeness (QED) is 0.301. The minimum absolute atomic E-state index is 0.158. The van der Waals surface area contributed by atoms with E-state index in [0.717, 1.165) is 38.9 Å². The lowest BCUT2D eigenvalue weighted by Crippen LogP contribution is -2.51. The van der Waals surface area contributed by atoms with Gasteiger partial charge in [0.15, 0.2) is 0 Å². The largest absolute Gasteiger partial charge is 0.465 e. The van der Waals surface area contributed by atoms with Crippen LogP contribution < -0.4 is 21.9 Å². The van der Waals surface area contributed by atoms with Crippen molar-refractivity contribution in [1.82, 2.24) is 14.0 Å². The molecular weight excluding hydrogens is 566 g/mol. The summed E-state index contributed by atoms with van der Waals surface area (Å²) in [6.07, 6.45) is -4.84. The lowest BCUT2D eigenvalue weighted by atomic mass is 10.1. The molecule has 0 bridgehead atoms. The molecule has 3 heterocycles. The topological polar surface area (TPSA) is 89.6 Å². The number of nitrogens with two attached hydrogens (primary N) is 1. The molecule has 8 nitrogen and oxygen atoms in total. The van der Waals surface area contributed by atoms with Crippen molar-refractivity contribution in [3.8, 4) is 0 Å². The molecule has 2 aromatic carbocycles. The summed E-state index contributed by atoms with van der Waals surface area (Å²) in [5.74, 6) is 0.533. The fraction of sp³-hybridized carbons (Fsp3) is 0.355. The first-order valence-corrected chi connectivity index (χ1v) is 14.0. The summed E-state index contributed by atoms with van der Waals surface area (Å²) in [4.78, 5) is 31.7. The Kier molecular flexibility index (Phi) is 8.61. The van der Waals surface area contributed by atoms with Gasteiger partial charge in [-0.3, -0.25) is 18.8 Å². The molecule has 2 aromatic heterocycles. The van der Waals surface area contributed by atoms with E-state index in [1.807, 2.05) is 24.0 Å². The molecule has 1 saturated heterocycles. The van der Waals surface area contributed by atoms with Gasteiger partial charge >= 0.3 is 11.9 Å². The lowest BCUT2D eigenvalue weighted by molar-refractivity contribution is -0.138. The van der Waals surface area contributed by atoms with Crippen molar-refractivity contribution in [2.45, 2.75) is 45.7 Å². The molecule has 1 atom stereocenters. The average molecular weight is 600 g/mol. The van der Waals surface area contributed by atoms with Crippen LogP contribution in [-0.4, -0.2) is 40.2 Å². The van der Waals surface area contributed by atoms with Crippen molar-refractivity contribution < 1.29 is 22.0 Å². The maximum absolute atomic E-state index is 14.9. The molecule has 43 heavy (non-hydrogen) atoms. The monoisotopic (exact) mass is 599 g/mol. The van der Waals surface area contributed by atoms with Crippen LogP contribution in [0.5, 0.6) is 0 Å². The Bertz CT molecular complexity index is 1700. The van der Waals surface area contributed by atoms with E-state index in [-0.39, 0.29) is 17.9 Å². The van der Waals surface area contributed by atoms with Crippen LogP contribution in [0.1, 0.15) is 39.9 Å². The Morgan fingerprint density at radius 1 is 0.884 bits per heavy atom. The molecule has 0 saturated carbocycles. The molecule has 1 aliphatic heterocycles. The molecule has 1 fully saturated rings. The molecule has 5 rings (SSSR count). The van der Waals surface area contributed by atoms with Crippen LogP contribution in [0.25, 0.3) is 0 Å². The van der Waals surface area contributed by atoms with Crippen LogP contribution in [0.3, 0.4) is 0 Å². The highest BCUT2D eigenvalue weighted by Crippen LogP contribution is 2.33. The summed E-state index contributed by atoms with van der Waals surface area (Å²) in [6.45, 7) is 5.04. The number of nitrogens with zero attached hydrogens (tertiary/aromatic N) is 4. The second-order valence-corrected chi connectivity index (χ2v) is 10.8. The van der Waals surface area contributed by atoms with E-state index in [0.29, 0.717) is 38.3 Å². The number of benzene rings is 2. The van der Waals surface area contributed by atoms with Gasteiger partial charge in [0, 0.05) is 43.5 Å². The van der Waals surface area contributed by atoms with Crippen LogP contribution in [-0.2, 0) is 25.8 Å². The second kappa shape index (κ2) is 12.2. The van der Waals surface area contributed by atoms with Crippen molar-refractivity contribution in [2.75, 3.05) is 31.1 Å². The fourth-order valence-electron chi connectivity index (χ4n) is 5.56. The minimum atomic E-state index is -4.84. The summed E-state index contributed by atoms with van der Waals surface area (Å²) in [7, 11) is 0. The second-order valence-electron chi connectivity index (χ2n) is 10.8. The molecule has 0 spiro atoms. The summed E-state index contributed by atoms with van der Waals surface area (Å²) >= 11 is 0. The fourth-order valence-corrected chi connectivity index (χ4v) is 5.56. The number of aryl methyl sites for hydroxylation is 1. The Hall–Kier alpha value is -4.16. The third-order valence-corrected chi connectivity index (χ3v) is 7.87. The highest BCUT2D eigenvalue weighted by molar-refractivity contribution is 5.50. The molecule has 12 heteroatoms. The molecule has 4 aromatic rings. The van der Waals surface area contributed by atoms with Crippen molar-refractivity contribution in [3.05, 3.63) is 121 Å². The van der Waals surface area contributed by atoms with Gasteiger partial charge < -0.3 is 15.1 Å². The van der Waals surface area contributed by atoms with Crippen molar-refractivity contribution in [2.24, 2.45) is 5.73 Å². The minimum Gasteiger partial charge on any atom is -0.465 e. The van der Waals surface area contributed by atoms with E-state index in [1.165, 1.54) is 6.92 Å². The van der Waals surface area contributed by atoms with Gasteiger partial charge in [-0.1, -0.05) is 36.4 Å². The van der Waals surface area contributed by atoms with Gasteiger partial charge in [0.05, 0.1) is 25.2 Å². The first-order chi connectivity index (χ1) is 20.4. The number of rotatable bonds is 8.